The Morgan fingerprint density at radius 3 is 2.91 bits per heavy atom. The van der Waals surface area contributed by atoms with Crippen molar-refractivity contribution in [3.8, 4) is 11.4 Å². The van der Waals surface area contributed by atoms with Crippen LogP contribution in [0.1, 0.15) is 18.5 Å². The fourth-order valence-electron chi connectivity index (χ4n) is 2.59. The van der Waals surface area contributed by atoms with Crippen LogP contribution in [0.15, 0.2) is 30.6 Å². The molecule has 0 amide bonds. The zero-order valence-electron chi connectivity index (χ0n) is 12.7. The van der Waals surface area contributed by atoms with Gasteiger partial charge in [-0.05, 0) is 38.1 Å². The molecule has 3 rings (SSSR count). The van der Waals surface area contributed by atoms with Crippen molar-refractivity contribution in [3.05, 3.63) is 36.3 Å². The Hall–Kier alpha value is -2.05. The molecule has 1 aliphatic heterocycles. The molecule has 0 atom stereocenters. The van der Waals surface area contributed by atoms with E-state index in [2.05, 4.69) is 25.6 Å². The van der Waals surface area contributed by atoms with Crippen LogP contribution in [-0.4, -0.2) is 41.2 Å². The van der Waals surface area contributed by atoms with E-state index in [0.29, 0.717) is 18.5 Å². The second-order valence-corrected chi connectivity index (χ2v) is 5.41. The standard InChI is InChI=1S/C16H21N5O/c1-22-11-14-9-15(19-13-4-7-17-8-5-13)21-16(20-14)12-3-2-6-18-10-12/h2-3,6,9-10,13,17H,4-5,7-8,11H2,1H3,(H,19,20,21). The van der Waals surface area contributed by atoms with Gasteiger partial charge >= 0.3 is 0 Å². The first-order valence-electron chi connectivity index (χ1n) is 7.59. The molecule has 0 spiro atoms. The molecule has 1 fully saturated rings. The molecule has 1 aliphatic rings. The van der Waals surface area contributed by atoms with Crippen molar-refractivity contribution in [2.45, 2.75) is 25.5 Å². The van der Waals surface area contributed by atoms with Gasteiger partial charge in [-0.3, -0.25) is 4.98 Å². The normalized spacial score (nSPS) is 15.7. The molecule has 0 bridgehead atoms. The van der Waals surface area contributed by atoms with E-state index in [9.17, 15) is 0 Å². The van der Waals surface area contributed by atoms with Crippen molar-refractivity contribution in [1.82, 2.24) is 20.3 Å². The maximum atomic E-state index is 5.22. The van der Waals surface area contributed by atoms with Crippen LogP contribution in [-0.2, 0) is 11.3 Å². The number of methoxy groups -OCH3 is 1. The van der Waals surface area contributed by atoms with Crippen molar-refractivity contribution in [3.63, 3.8) is 0 Å². The highest BCUT2D eigenvalue weighted by Crippen LogP contribution is 2.19. The first-order valence-corrected chi connectivity index (χ1v) is 7.59. The minimum absolute atomic E-state index is 0.452. The Kier molecular flexibility index (Phi) is 4.92. The Balaban J connectivity index is 1.86. The first-order chi connectivity index (χ1) is 10.8. The van der Waals surface area contributed by atoms with Gasteiger partial charge in [0.25, 0.3) is 0 Å². The van der Waals surface area contributed by atoms with E-state index in [0.717, 1.165) is 43.0 Å². The summed E-state index contributed by atoms with van der Waals surface area (Å²) in [4.78, 5) is 13.3. The molecule has 6 heteroatoms. The zero-order valence-corrected chi connectivity index (χ0v) is 12.7. The van der Waals surface area contributed by atoms with Gasteiger partial charge in [-0.1, -0.05) is 0 Å². The third-order valence-corrected chi connectivity index (χ3v) is 3.68. The number of hydrogen-bond donors (Lipinski definition) is 2. The van der Waals surface area contributed by atoms with Crippen molar-refractivity contribution in [2.75, 3.05) is 25.5 Å². The number of nitrogens with one attached hydrogen (secondary N) is 2. The number of hydrogen-bond acceptors (Lipinski definition) is 6. The molecule has 2 aromatic rings. The van der Waals surface area contributed by atoms with Crippen LogP contribution in [0.25, 0.3) is 11.4 Å². The highest BCUT2D eigenvalue weighted by Gasteiger charge is 2.14. The summed E-state index contributed by atoms with van der Waals surface area (Å²) in [5, 5.41) is 6.89. The fraction of sp³-hybridized carbons (Fsp3) is 0.438. The molecule has 3 heterocycles. The smallest absolute Gasteiger partial charge is 0.163 e. The van der Waals surface area contributed by atoms with E-state index in [1.807, 2.05) is 18.2 Å². The zero-order chi connectivity index (χ0) is 15.2. The Bertz CT molecular complexity index is 599. The van der Waals surface area contributed by atoms with Crippen LogP contribution in [0.3, 0.4) is 0 Å². The molecule has 0 aromatic carbocycles. The molecular formula is C16H21N5O. The van der Waals surface area contributed by atoms with Crippen LogP contribution in [0.4, 0.5) is 5.82 Å². The van der Waals surface area contributed by atoms with E-state index in [1.54, 1.807) is 19.5 Å². The minimum atomic E-state index is 0.452. The van der Waals surface area contributed by atoms with Gasteiger partial charge in [0, 0.05) is 37.2 Å². The number of anilines is 1. The number of nitrogens with zero attached hydrogens (tertiary/aromatic N) is 3. The van der Waals surface area contributed by atoms with Gasteiger partial charge in [0.15, 0.2) is 5.82 Å². The van der Waals surface area contributed by atoms with Crippen LogP contribution >= 0.6 is 0 Å². The predicted octanol–water partition coefficient (Wildman–Crippen LogP) is 1.85. The minimum Gasteiger partial charge on any atom is -0.378 e. The Morgan fingerprint density at radius 2 is 2.18 bits per heavy atom. The average Bonchev–Trinajstić information content (AvgIpc) is 2.57. The molecule has 2 aromatic heterocycles. The van der Waals surface area contributed by atoms with Gasteiger partial charge in [0.1, 0.15) is 5.82 Å². The van der Waals surface area contributed by atoms with Gasteiger partial charge in [0.2, 0.25) is 0 Å². The molecule has 6 nitrogen and oxygen atoms in total. The molecule has 116 valence electrons. The molecule has 22 heavy (non-hydrogen) atoms. The SMILES string of the molecule is COCc1cc(NC2CCNCC2)nc(-c2cccnc2)n1. The Labute approximate surface area is 130 Å². The van der Waals surface area contributed by atoms with E-state index in [4.69, 9.17) is 4.74 Å². The maximum absolute atomic E-state index is 5.22. The largest absolute Gasteiger partial charge is 0.378 e. The van der Waals surface area contributed by atoms with Crippen LogP contribution in [0, 0.1) is 0 Å². The first kappa shape index (κ1) is 14.9. The van der Waals surface area contributed by atoms with Crippen molar-refractivity contribution in [1.29, 1.82) is 0 Å². The fourth-order valence-corrected chi connectivity index (χ4v) is 2.59. The quantitative estimate of drug-likeness (QED) is 0.878. The maximum Gasteiger partial charge on any atom is 0.163 e. The molecule has 2 N–H and O–H groups in total. The molecule has 0 aliphatic carbocycles. The van der Waals surface area contributed by atoms with Crippen LogP contribution in [0.2, 0.25) is 0 Å². The monoisotopic (exact) mass is 299 g/mol. The van der Waals surface area contributed by atoms with Crippen LogP contribution in [0.5, 0.6) is 0 Å². The van der Waals surface area contributed by atoms with Gasteiger partial charge in [-0.25, -0.2) is 9.97 Å². The van der Waals surface area contributed by atoms with E-state index in [-0.39, 0.29) is 0 Å². The highest BCUT2D eigenvalue weighted by atomic mass is 16.5. The number of pyridine rings is 1. The van der Waals surface area contributed by atoms with E-state index in [1.165, 1.54) is 0 Å². The van der Waals surface area contributed by atoms with Crippen molar-refractivity contribution in [2.24, 2.45) is 0 Å². The molecule has 0 radical (unpaired) electrons. The summed E-state index contributed by atoms with van der Waals surface area (Å²) in [5.41, 5.74) is 1.78. The summed E-state index contributed by atoms with van der Waals surface area (Å²) in [6.45, 7) is 2.56. The lowest BCUT2D eigenvalue weighted by Crippen LogP contribution is -2.35. The van der Waals surface area contributed by atoms with Gasteiger partial charge in [-0.2, -0.15) is 0 Å². The number of aromatic nitrogens is 3. The Morgan fingerprint density at radius 1 is 1.32 bits per heavy atom. The highest BCUT2D eigenvalue weighted by molar-refractivity contribution is 5.56. The molecular weight excluding hydrogens is 278 g/mol. The van der Waals surface area contributed by atoms with Gasteiger partial charge in [0.05, 0.1) is 12.3 Å². The third kappa shape index (κ3) is 3.78. The summed E-state index contributed by atoms with van der Waals surface area (Å²) in [6.07, 6.45) is 5.73. The number of rotatable bonds is 5. The summed E-state index contributed by atoms with van der Waals surface area (Å²) in [5.74, 6) is 1.53. The summed E-state index contributed by atoms with van der Waals surface area (Å²) in [6, 6.07) is 6.27. The molecule has 0 saturated carbocycles. The number of ether oxygens (including phenoxy) is 1. The van der Waals surface area contributed by atoms with Gasteiger partial charge in [-0.15, -0.1) is 0 Å². The lowest BCUT2D eigenvalue weighted by molar-refractivity contribution is 0.181. The molecule has 1 saturated heterocycles. The third-order valence-electron chi connectivity index (χ3n) is 3.68. The summed E-state index contributed by atoms with van der Waals surface area (Å²) in [7, 11) is 1.67. The van der Waals surface area contributed by atoms with Crippen LogP contribution < -0.4 is 10.6 Å². The molecule has 0 unspecified atom stereocenters. The van der Waals surface area contributed by atoms with E-state index >= 15 is 0 Å². The van der Waals surface area contributed by atoms with Gasteiger partial charge < -0.3 is 15.4 Å². The topological polar surface area (TPSA) is 72.0 Å². The summed E-state index contributed by atoms with van der Waals surface area (Å²) >= 11 is 0. The average molecular weight is 299 g/mol. The second kappa shape index (κ2) is 7.29. The second-order valence-electron chi connectivity index (χ2n) is 5.41. The summed E-state index contributed by atoms with van der Waals surface area (Å²) < 4.78 is 5.22. The van der Waals surface area contributed by atoms with E-state index < -0.39 is 0 Å². The lowest BCUT2D eigenvalue weighted by atomic mass is 10.1. The van der Waals surface area contributed by atoms with Crippen molar-refractivity contribution < 1.29 is 4.74 Å². The predicted molar refractivity (Wildman–Crippen MR) is 85.5 cm³/mol. The lowest BCUT2D eigenvalue weighted by Gasteiger charge is -2.24. The number of piperidine rings is 1. The van der Waals surface area contributed by atoms with Crippen molar-refractivity contribution >= 4 is 5.82 Å².